The Morgan fingerprint density at radius 3 is 3.04 bits per heavy atom. The molecule has 0 spiro atoms. The monoisotopic (exact) mass is 350 g/mol. The lowest BCUT2D eigenvalue weighted by atomic mass is 10.3. The molecule has 128 valence electrons. The molecule has 0 saturated carbocycles. The Labute approximate surface area is 143 Å². The fourth-order valence-corrected chi connectivity index (χ4v) is 2.99. The number of rotatable bonds is 5. The molecule has 0 N–H and O–H groups in total. The van der Waals surface area contributed by atoms with Gasteiger partial charge in [0.25, 0.3) is 11.1 Å². The first-order chi connectivity index (χ1) is 11.6. The van der Waals surface area contributed by atoms with Gasteiger partial charge in [-0.05, 0) is 19.1 Å². The van der Waals surface area contributed by atoms with Crippen LogP contribution in [0.15, 0.2) is 33.9 Å². The Balaban J connectivity index is 1.43. The molecule has 24 heavy (non-hydrogen) atoms. The summed E-state index contributed by atoms with van der Waals surface area (Å²) in [5.41, 5.74) is 1.41. The Bertz CT molecular complexity index is 699. The third-order valence-corrected chi connectivity index (χ3v) is 4.34. The van der Waals surface area contributed by atoms with Gasteiger partial charge in [-0.25, -0.2) is 4.98 Å². The van der Waals surface area contributed by atoms with Crippen molar-refractivity contribution in [2.75, 3.05) is 32.1 Å². The molecule has 1 saturated heterocycles. The number of hydrogen-bond donors (Lipinski definition) is 0. The topological polar surface area (TPSA) is 81.9 Å². The number of oxazole rings is 1. The van der Waals surface area contributed by atoms with Crippen LogP contribution >= 0.6 is 11.8 Å². The number of morpholine rings is 1. The number of amides is 1. The highest BCUT2D eigenvalue weighted by Crippen LogP contribution is 2.23. The molecule has 7 nitrogen and oxygen atoms in total. The molecule has 0 radical (unpaired) electrons. The minimum absolute atomic E-state index is 0.00752. The van der Waals surface area contributed by atoms with E-state index in [1.165, 1.54) is 0 Å². The number of carbonyl (C=O) groups excluding carboxylic acids is 2. The van der Waals surface area contributed by atoms with Crippen LogP contribution in [0.4, 0.5) is 0 Å². The maximum Gasteiger partial charge on any atom is 0.316 e. The largest absolute Gasteiger partial charge is 0.455 e. The summed E-state index contributed by atoms with van der Waals surface area (Å²) in [6.07, 6.45) is 0.00752. The van der Waals surface area contributed by atoms with E-state index < -0.39 is 5.97 Å². The molecule has 0 bridgehead atoms. The minimum Gasteiger partial charge on any atom is -0.455 e. The number of carbonyl (C=O) groups is 2. The first kappa shape index (κ1) is 16.8. The minimum atomic E-state index is -0.475. The molecule has 2 heterocycles. The average molecular weight is 350 g/mol. The van der Waals surface area contributed by atoms with Gasteiger partial charge in [0.1, 0.15) is 11.3 Å². The first-order valence-electron chi connectivity index (χ1n) is 7.65. The molecule has 8 heteroatoms. The summed E-state index contributed by atoms with van der Waals surface area (Å²) in [5, 5.41) is 0.404. The lowest BCUT2D eigenvalue weighted by Gasteiger charge is -2.30. The molecule has 1 aliphatic heterocycles. The zero-order valence-corrected chi connectivity index (χ0v) is 14.1. The second-order valence-corrected chi connectivity index (χ2v) is 6.34. The standard InChI is InChI=1S/C16H18N2O5S/c1-11-8-18(6-7-21-11)14(19)9-22-15(20)10-24-16-17-12-4-2-3-5-13(12)23-16/h2-5,11H,6-10H2,1H3. The fourth-order valence-electron chi connectivity index (χ4n) is 2.35. The van der Waals surface area contributed by atoms with Crippen molar-refractivity contribution in [3.8, 4) is 0 Å². The number of ether oxygens (including phenoxy) is 2. The summed E-state index contributed by atoms with van der Waals surface area (Å²) >= 11 is 1.14. The van der Waals surface area contributed by atoms with E-state index in [0.29, 0.717) is 30.5 Å². The quantitative estimate of drug-likeness (QED) is 0.600. The molecule has 2 aromatic rings. The molecule has 1 unspecified atom stereocenters. The second kappa shape index (κ2) is 7.67. The number of thioether (sulfide) groups is 1. The van der Waals surface area contributed by atoms with Crippen LogP contribution < -0.4 is 0 Å². The van der Waals surface area contributed by atoms with Crippen LogP contribution in [-0.2, 0) is 19.1 Å². The van der Waals surface area contributed by atoms with Gasteiger partial charge in [-0.2, -0.15) is 0 Å². The van der Waals surface area contributed by atoms with Gasteiger partial charge in [-0.15, -0.1) is 0 Å². The van der Waals surface area contributed by atoms with Crippen LogP contribution in [0.25, 0.3) is 11.1 Å². The molecule has 1 fully saturated rings. The number of nitrogens with zero attached hydrogens (tertiary/aromatic N) is 2. The Hall–Kier alpha value is -2.06. The predicted molar refractivity (Wildman–Crippen MR) is 87.7 cm³/mol. The highest BCUT2D eigenvalue weighted by atomic mass is 32.2. The van der Waals surface area contributed by atoms with Gasteiger partial charge in [0.2, 0.25) is 0 Å². The van der Waals surface area contributed by atoms with E-state index in [2.05, 4.69) is 4.98 Å². The molecule has 1 amide bonds. The zero-order valence-electron chi connectivity index (χ0n) is 13.3. The Kier molecular flexibility index (Phi) is 5.37. The molecule has 0 aliphatic carbocycles. The SMILES string of the molecule is CC1CN(C(=O)COC(=O)CSc2nc3ccccc3o2)CCO1. The Morgan fingerprint density at radius 2 is 2.25 bits per heavy atom. The molecular formula is C16H18N2O5S. The van der Waals surface area contributed by atoms with Crippen LogP contribution in [-0.4, -0.2) is 59.9 Å². The van der Waals surface area contributed by atoms with Crippen molar-refractivity contribution in [3.63, 3.8) is 0 Å². The number of hydrogen-bond acceptors (Lipinski definition) is 7. The average Bonchev–Trinajstić information content (AvgIpc) is 3.00. The molecule has 1 aromatic carbocycles. The van der Waals surface area contributed by atoms with E-state index in [0.717, 1.165) is 17.3 Å². The van der Waals surface area contributed by atoms with E-state index in [1.807, 2.05) is 31.2 Å². The number of esters is 1. The van der Waals surface area contributed by atoms with Gasteiger partial charge in [0.15, 0.2) is 12.2 Å². The third kappa shape index (κ3) is 4.27. The van der Waals surface area contributed by atoms with Crippen molar-refractivity contribution >= 4 is 34.7 Å². The molecular weight excluding hydrogens is 332 g/mol. The van der Waals surface area contributed by atoms with Crippen LogP contribution in [0.3, 0.4) is 0 Å². The first-order valence-corrected chi connectivity index (χ1v) is 8.64. The van der Waals surface area contributed by atoms with Gasteiger partial charge < -0.3 is 18.8 Å². The van der Waals surface area contributed by atoms with Crippen molar-refractivity contribution in [1.29, 1.82) is 0 Å². The van der Waals surface area contributed by atoms with Crippen molar-refractivity contribution in [2.45, 2.75) is 18.3 Å². The number of benzene rings is 1. The number of aromatic nitrogens is 1. The van der Waals surface area contributed by atoms with E-state index >= 15 is 0 Å². The summed E-state index contributed by atoms with van der Waals surface area (Å²) in [6.45, 7) is 3.21. The Morgan fingerprint density at radius 1 is 1.42 bits per heavy atom. The molecule has 3 rings (SSSR count). The predicted octanol–water partition coefficient (Wildman–Crippen LogP) is 1.71. The zero-order chi connectivity index (χ0) is 16.9. The molecule has 1 atom stereocenters. The fraction of sp³-hybridized carbons (Fsp3) is 0.438. The van der Waals surface area contributed by atoms with Crippen LogP contribution in [0, 0.1) is 0 Å². The summed E-state index contributed by atoms with van der Waals surface area (Å²) in [4.78, 5) is 29.7. The summed E-state index contributed by atoms with van der Waals surface area (Å²) in [7, 11) is 0. The van der Waals surface area contributed by atoms with Gasteiger partial charge in [-0.3, -0.25) is 9.59 Å². The third-order valence-electron chi connectivity index (χ3n) is 3.54. The summed E-state index contributed by atoms with van der Waals surface area (Å²) < 4.78 is 15.9. The smallest absolute Gasteiger partial charge is 0.316 e. The highest BCUT2D eigenvalue weighted by Gasteiger charge is 2.22. The number of para-hydroxylation sites is 2. The van der Waals surface area contributed by atoms with Crippen LogP contribution in [0.5, 0.6) is 0 Å². The maximum atomic E-state index is 12.0. The van der Waals surface area contributed by atoms with E-state index in [-0.39, 0.29) is 24.4 Å². The van der Waals surface area contributed by atoms with Gasteiger partial charge >= 0.3 is 5.97 Å². The van der Waals surface area contributed by atoms with Crippen molar-refractivity contribution in [1.82, 2.24) is 9.88 Å². The van der Waals surface area contributed by atoms with Crippen molar-refractivity contribution < 1.29 is 23.5 Å². The van der Waals surface area contributed by atoms with Crippen LogP contribution in [0.1, 0.15) is 6.92 Å². The second-order valence-electron chi connectivity index (χ2n) is 5.42. The van der Waals surface area contributed by atoms with Gasteiger partial charge in [0, 0.05) is 13.1 Å². The van der Waals surface area contributed by atoms with Crippen molar-refractivity contribution in [2.24, 2.45) is 0 Å². The van der Waals surface area contributed by atoms with Gasteiger partial charge in [0.05, 0.1) is 12.7 Å². The maximum absolute atomic E-state index is 12.0. The van der Waals surface area contributed by atoms with E-state index in [1.54, 1.807) is 4.90 Å². The lowest BCUT2D eigenvalue weighted by molar-refractivity contribution is -0.153. The van der Waals surface area contributed by atoms with Crippen LogP contribution in [0.2, 0.25) is 0 Å². The number of fused-ring (bicyclic) bond motifs is 1. The van der Waals surface area contributed by atoms with Crippen molar-refractivity contribution in [3.05, 3.63) is 24.3 Å². The summed E-state index contributed by atoms with van der Waals surface area (Å²) in [5.74, 6) is -0.637. The van der Waals surface area contributed by atoms with E-state index in [4.69, 9.17) is 13.9 Å². The summed E-state index contributed by atoms with van der Waals surface area (Å²) in [6, 6.07) is 7.37. The lowest BCUT2D eigenvalue weighted by Crippen LogP contribution is -2.46. The highest BCUT2D eigenvalue weighted by molar-refractivity contribution is 7.99. The molecule has 1 aromatic heterocycles. The normalized spacial score (nSPS) is 17.9. The van der Waals surface area contributed by atoms with Gasteiger partial charge in [-0.1, -0.05) is 23.9 Å². The van der Waals surface area contributed by atoms with E-state index in [9.17, 15) is 9.59 Å². The molecule has 1 aliphatic rings.